The lowest BCUT2D eigenvalue weighted by Gasteiger charge is -2.09. The molecule has 0 radical (unpaired) electrons. The van der Waals surface area contributed by atoms with Crippen LogP contribution in [-0.4, -0.2) is 34.9 Å². The van der Waals surface area contributed by atoms with E-state index in [1.807, 2.05) is 4.72 Å². The van der Waals surface area contributed by atoms with E-state index >= 15 is 0 Å². The molecule has 0 heterocycles. The minimum atomic E-state index is -4.27. The molecule has 0 aliphatic carbocycles. The summed E-state index contributed by atoms with van der Waals surface area (Å²) in [7, 11) is -7.62. The average molecular weight is 392 g/mol. The van der Waals surface area contributed by atoms with E-state index in [9.17, 15) is 25.6 Å². The van der Waals surface area contributed by atoms with E-state index in [0.717, 1.165) is 6.07 Å². The Balaban J connectivity index is 2.96. The number of halogens is 3. The fourth-order valence-corrected chi connectivity index (χ4v) is 4.36. The lowest BCUT2D eigenvalue weighted by Crippen LogP contribution is -2.30. The predicted octanol–water partition coefficient (Wildman–Crippen LogP) is 1.44. The first-order valence-corrected chi connectivity index (χ1v) is 9.53. The molecule has 0 atom stereocenters. The standard InChI is InChI=1S/C10H12BrF2NO4S2/c1-2-19(15,16)4-3-14-20(17,18)10-8(11)5-7(12)6-9(10)13/h5-6,14H,2-4H2,1H3. The van der Waals surface area contributed by atoms with Gasteiger partial charge in [-0.05, 0) is 22.0 Å². The second kappa shape index (κ2) is 6.46. The van der Waals surface area contributed by atoms with Crippen LogP contribution in [-0.2, 0) is 19.9 Å². The van der Waals surface area contributed by atoms with E-state index in [1.54, 1.807) is 0 Å². The third-order valence-electron chi connectivity index (χ3n) is 2.38. The van der Waals surface area contributed by atoms with Crippen LogP contribution in [0.15, 0.2) is 21.5 Å². The summed E-state index contributed by atoms with van der Waals surface area (Å²) in [6.45, 7) is 1.04. The maximum absolute atomic E-state index is 13.5. The quantitative estimate of drug-likeness (QED) is 0.795. The van der Waals surface area contributed by atoms with Crippen molar-refractivity contribution >= 4 is 35.8 Å². The van der Waals surface area contributed by atoms with Gasteiger partial charge in [-0.1, -0.05) is 6.92 Å². The van der Waals surface area contributed by atoms with Crippen LogP contribution in [0.1, 0.15) is 6.92 Å². The van der Waals surface area contributed by atoms with Crippen molar-refractivity contribution in [1.82, 2.24) is 4.72 Å². The van der Waals surface area contributed by atoms with Gasteiger partial charge in [0.2, 0.25) is 10.0 Å². The highest BCUT2D eigenvalue weighted by molar-refractivity contribution is 9.10. The summed E-state index contributed by atoms with van der Waals surface area (Å²) in [5, 5.41) is 0. The van der Waals surface area contributed by atoms with Crippen LogP contribution < -0.4 is 4.72 Å². The molecule has 1 aromatic rings. The first-order valence-electron chi connectivity index (χ1n) is 5.43. The molecule has 20 heavy (non-hydrogen) atoms. The Morgan fingerprint density at radius 3 is 2.30 bits per heavy atom. The van der Waals surface area contributed by atoms with Crippen molar-refractivity contribution in [3.8, 4) is 0 Å². The first kappa shape index (κ1) is 17.5. The lowest BCUT2D eigenvalue weighted by molar-refractivity contribution is 0.541. The number of nitrogens with one attached hydrogen (secondary N) is 1. The highest BCUT2D eigenvalue weighted by Crippen LogP contribution is 2.25. The number of rotatable bonds is 6. The van der Waals surface area contributed by atoms with Crippen molar-refractivity contribution in [2.24, 2.45) is 0 Å². The zero-order valence-electron chi connectivity index (χ0n) is 10.4. The number of sulfonamides is 1. The molecule has 0 aliphatic heterocycles. The van der Waals surface area contributed by atoms with Gasteiger partial charge < -0.3 is 0 Å². The Hall–Kier alpha value is -0.580. The Morgan fingerprint density at radius 2 is 1.80 bits per heavy atom. The second-order valence-corrected chi connectivity index (χ2v) is 8.86. The summed E-state index contributed by atoms with van der Waals surface area (Å²) < 4.78 is 74.3. The van der Waals surface area contributed by atoms with Gasteiger partial charge in [0.25, 0.3) is 0 Å². The normalized spacial score (nSPS) is 12.6. The zero-order chi connectivity index (χ0) is 15.6. The Morgan fingerprint density at radius 1 is 1.20 bits per heavy atom. The second-order valence-electron chi connectivity index (χ2n) is 3.83. The fraction of sp³-hybridized carbons (Fsp3) is 0.400. The highest BCUT2D eigenvalue weighted by Gasteiger charge is 2.23. The highest BCUT2D eigenvalue weighted by atomic mass is 79.9. The molecule has 0 saturated heterocycles. The van der Waals surface area contributed by atoms with Crippen LogP contribution in [0.2, 0.25) is 0 Å². The average Bonchev–Trinajstić information content (AvgIpc) is 2.26. The molecule has 114 valence electrons. The fourth-order valence-electron chi connectivity index (χ4n) is 1.33. The van der Waals surface area contributed by atoms with E-state index in [2.05, 4.69) is 15.9 Å². The third kappa shape index (κ3) is 4.47. The van der Waals surface area contributed by atoms with Crippen LogP contribution in [0.3, 0.4) is 0 Å². The molecule has 1 rings (SSSR count). The third-order valence-corrected chi connectivity index (χ3v) is 6.51. The SMILES string of the molecule is CCS(=O)(=O)CCNS(=O)(=O)c1c(F)cc(F)cc1Br. The Kier molecular flexibility index (Phi) is 5.64. The molecular weight excluding hydrogens is 380 g/mol. The molecule has 10 heteroatoms. The minimum Gasteiger partial charge on any atom is -0.229 e. The molecule has 0 aromatic heterocycles. The molecule has 0 saturated carbocycles. The van der Waals surface area contributed by atoms with E-state index in [0.29, 0.717) is 6.07 Å². The van der Waals surface area contributed by atoms with Crippen LogP contribution in [0.25, 0.3) is 0 Å². The van der Waals surface area contributed by atoms with Crippen molar-refractivity contribution < 1.29 is 25.6 Å². The first-order chi connectivity index (χ1) is 9.09. The molecule has 0 unspecified atom stereocenters. The van der Waals surface area contributed by atoms with Crippen molar-refractivity contribution in [3.05, 3.63) is 28.2 Å². The van der Waals surface area contributed by atoms with Gasteiger partial charge in [-0.2, -0.15) is 0 Å². The molecule has 0 aliphatic rings. The smallest absolute Gasteiger partial charge is 0.229 e. The summed E-state index contributed by atoms with van der Waals surface area (Å²) in [5.74, 6) is -2.71. The monoisotopic (exact) mass is 391 g/mol. The topological polar surface area (TPSA) is 80.3 Å². The summed E-state index contributed by atoms with van der Waals surface area (Å²) >= 11 is 2.76. The molecule has 5 nitrogen and oxygen atoms in total. The van der Waals surface area contributed by atoms with Crippen LogP contribution >= 0.6 is 15.9 Å². The van der Waals surface area contributed by atoms with Crippen LogP contribution in [0.5, 0.6) is 0 Å². The number of benzene rings is 1. The molecule has 1 N–H and O–H groups in total. The van der Waals surface area contributed by atoms with Gasteiger partial charge in [0.15, 0.2) is 9.84 Å². The predicted molar refractivity (Wildman–Crippen MR) is 73.6 cm³/mol. The summed E-state index contributed by atoms with van der Waals surface area (Å²) in [4.78, 5) is -0.757. The van der Waals surface area contributed by atoms with Crippen molar-refractivity contribution in [3.63, 3.8) is 0 Å². The maximum atomic E-state index is 13.5. The minimum absolute atomic E-state index is 0.122. The molecule has 0 amide bonds. The van der Waals surface area contributed by atoms with E-state index in [1.165, 1.54) is 6.92 Å². The van der Waals surface area contributed by atoms with Crippen molar-refractivity contribution in [2.45, 2.75) is 11.8 Å². The van der Waals surface area contributed by atoms with Gasteiger partial charge in [-0.25, -0.2) is 30.3 Å². The molecule has 0 spiro atoms. The summed E-state index contributed by atoms with van der Waals surface area (Å²) in [6.07, 6.45) is 0. The van der Waals surface area contributed by atoms with Gasteiger partial charge >= 0.3 is 0 Å². The van der Waals surface area contributed by atoms with E-state index in [-0.39, 0.29) is 16.8 Å². The van der Waals surface area contributed by atoms with Gasteiger partial charge in [0.1, 0.15) is 16.5 Å². The van der Waals surface area contributed by atoms with Crippen LogP contribution in [0.4, 0.5) is 8.78 Å². The molecule has 1 aromatic carbocycles. The Labute approximate surface area is 124 Å². The van der Waals surface area contributed by atoms with E-state index < -0.39 is 42.1 Å². The summed E-state index contributed by atoms with van der Waals surface area (Å²) in [6, 6.07) is 1.24. The van der Waals surface area contributed by atoms with Crippen molar-refractivity contribution in [2.75, 3.05) is 18.1 Å². The Bertz CT molecular complexity index is 681. The lowest BCUT2D eigenvalue weighted by atomic mass is 10.3. The van der Waals surface area contributed by atoms with E-state index in [4.69, 9.17) is 0 Å². The van der Waals surface area contributed by atoms with Gasteiger partial charge in [0, 0.05) is 22.8 Å². The van der Waals surface area contributed by atoms with Crippen molar-refractivity contribution in [1.29, 1.82) is 0 Å². The maximum Gasteiger partial charge on any atom is 0.244 e. The summed E-state index contributed by atoms with van der Waals surface area (Å²) in [5.41, 5.74) is 0. The number of sulfone groups is 1. The van der Waals surface area contributed by atoms with Gasteiger partial charge in [-0.3, -0.25) is 0 Å². The number of hydrogen-bond donors (Lipinski definition) is 1. The number of hydrogen-bond acceptors (Lipinski definition) is 4. The van der Waals surface area contributed by atoms with Crippen LogP contribution in [0, 0.1) is 11.6 Å². The zero-order valence-corrected chi connectivity index (χ0v) is 13.6. The van der Waals surface area contributed by atoms with Gasteiger partial charge in [-0.15, -0.1) is 0 Å². The largest absolute Gasteiger partial charge is 0.244 e. The molecule has 0 fully saturated rings. The molecular formula is C10H12BrF2NO4S2. The van der Waals surface area contributed by atoms with Gasteiger partial charge in [0.05, 0.1) is 5.75 Å². The molecule has 0 bridgehead atoms.